The van der Waals surface area contributed by atoms with Crippen molar-refractivity contribution in [1.82, 2.24) is 9.80 Å². The molecule has 0 N–H and O–H groups in total. The van der Waals surface area contributed by atoms with Crippen LogP contribution >= 0.6 is 0 Å². The van der Waals surface area contributed by atoms with Gasteiger partial charge in [-0.2, -0.15) is 0 Å². The first kappa shape index (κ1) is 17.1. The Morgan fingerprint density at radius 1 is 1.17 bits per heavy atom. The number of amides is 2. The standard InChI is InChI=1S/C16H21FN2O4/c1-2-22-16(21)19-8-4-7-18(9-10-19)15(20)12-23-14-6-3-5-13(17)11-14/h3,5-6,11H,2,4,7-10,12H2,1H3. The van der Waals surface area contributed by atoms with Crippen molar-refractivity contribution in [3.05, 3.63) is 30.1 Å². The lowest BCUT2D eigenvalue weighted by atomic mass is 10.3. The zero-order valence-electron chi connectivity index (χ0n) is 13.2. The molecule has 0 unspecified atom stereocenters. The molecule has 0 aromatic heterocycles. The van der Waals surface area contributed by atoms with E-state index in [0.717, 1.165) is 0 Å². The molecule has 0 bridgehead atoms. The molecule has 7 heteroatoms. The van der Waals surface area contributed by atoms with Crippen molar-refractivity contribution in [3.8, 4) is 5.75 Å². The van der Waals surface area contributed by atoms with Gasteiger partial charge in [0.1, 0.15) is 11.6 Å². The first-order valence-corrected chi connectivity index (χ1v) is 7.68. The van der Waals surface area contributed by atoms with Crippen LogP contribution in [0.15, 0.2) is 24.3 Å². The first-order chi connectivity index (χ1) is 11.1. The predicted octanol–water partition coefficient (Wildman–Crippen LogP) is 1.90. The Labute approximate surface area is 134 Å². The molecule has 1 aromatic rings. The zero-order valence-corrected chi connectivity index (χ0v) is 13.2. The lowest BCUT2D eigenvalue weighted by Crippen LogP contribution is -2.39. The molecule has 6 nitrogen and oxygen atoms in total. The summed E-state index contributed by atoms with van der Waals surface area (Å²) in [4.78, 5) is 27.1. The van der Waals surface area contributed by atoms with Crippen LogP contribution in [-0.2, 0) is 9.53 Å². The molecule has 0 radical (unpaired) electrons. The van der Waals surface area contributed by atoms with E-state index in [1.807, 2.05) is 0 Å². The molecular formula is C16H21FN2O4. The van der Waals surface area contributed by atoms with E-state index in [9.17, 15) is 14.0 Å². The zero-order chi connectivity index (χ0) is 16.7. The van der Waals surface area contributed by atoms with Crippen molar-refractivity contribution in [1.29, 1.82) is 0 Å². The van der Waals surface area contributed by atoms with Gasteiger partial charge in [0.05, 0.1) is 6.61 Å². The third-order valence-electron chi connectivity index (χ3n) is 3.53. The Kier molecular flexibility index (Phi) is 6.19. The van der Waals surface area contributed by atoms with Crippen molar-refractivity contribution in [2.45, 2.75) is 13.3 Å². The quantitative estimate of drug-likeness (QED) is 0.849. The summed E-state index contributed by atoms with van der Waals surface area (Å²) in [6.45, 7) is 3.93. The highest BCUT2D eigenvalue weighted by molar-refractivity contribution is 5.78. The van der Waals surface area contributed by atoms with Gasteiger partial charge in [0.15, 0.2) is 6.61 Å². The van der Waals surface area contributed by atoms with Gasteiger partial charge >= 0.3 is 6.09 Å². The fourth-order valence-corrected chi connectivity index (χ4v) is 2.36. The van der Waals surface area contributed by atoms with Gasteiger partial charge in [-0.1, -0.05) is 6.07 Å². The summed E-state index contributed by atoms with van der Waals surface area (Å²) in [6, 6.07) is 5.67. The number of hydrogen-bond acceptors (Lipinski definition) is 4. The van der Waals surface area contributed by atoms with Crippen molar-refractivity contribution >= 4 is 12.0 Å². The van der Waals surface area contributed by atoms with E-state index in [-0.39, 0.29) is 18.6 Å². The fraction of sp³-hybridized carbons (Fsp3) is 0.500. The maximum Gasteiger partial charge on any atom is 0.409 e. The summed E-state index contributed by atoms with van der Waals surface area (Å²) >= 11 is 0. The van der Waals surface area contributed by atoms with E-state index in [1.165, 1.54) is 18.2 Å². The van der Waals surface area contributed by atoms with E-state index in [0.29, 0.717) is 45.0 Å². The summed E-state index contributed by atoms with van der Waals surface area (Å²) in [5.41, 5.74) is 0. The molecule has 23 heavy (non-hydrogen) atoms. The number of halogens is 1. The predicted molar refractivity (Wildman–Crippen MR) is 81.7 cm³/mol. The topological polar surface area (TPSA) is 59.1 Å². The molecule has 0 saturated carbocycles. The summed E-state index contributed by atoms with van der Waals surface area (Å²) in [5, 5.41) is 0. The van der Waals surface area contributed by atoms with E-state index in [2.05, 4.69) is 0 Å². The minimum absolute atomic E-state index is 0.150. The number of ether oxygens (including phenoxy) is 2. The smallest absolute Gasteiger partial charge is 0.409 e. The second-order valence-electron chi connectivity index (χ2n) is 5.17. The van der Waals surface area contributed by atoms with E-state index in [1.54, 1.807) is 22.8 Å². The highest BCUT2D eigenvalue weighted by Crippen LogP contribution is 2.12. The van der Waals surface area contributed by atoms with Crippen LogP contribution in [0.3, 0.4) is 0 Å². The monoisotopic (exact) mass is 324 g/mol. The molecule has 0 atom stereocenters. The molecule has 2 rings (SSSR count). The number of carbonyl (C=O) groups excluding carboxylic acids is 2. The summed E-state index contributed by atoms with van der Waals surface area (Å²) < 4.78 is 23.3. The van der Waals surface area contributed by atoms with Crippen LogP contribution < -0.4 is 4.74 Å². The van der Waals surface area contributed by atoms with Crippen LogP contribution in [0.25, 0.3) is 0 Å². The van der Waals surface area contributed by atoms with Crippen LogP contribution in [0.1, 0.15) is 13.3 Å². The van der Waals surface area contributed by atoms with Crippen LogP contribution in [0.2, 0.25) is 0 Å². The third kappa shape index (κ3) is 5.12. The molecular weight excluding hydrogens is 303 g/mol. The molecule has 1 aromatic carbocycles. The maximum atomic E-state index is 13.1. The number of carbonyl (C=O) groups is 2. The Balaban J connectivity index is 1.82. The van der Waals surface area contributed by atoms with Gasteiger partial charge in [0, 0.05) is 32.2 Å². The van der Waals surface area contributed by atoms with Gasteiger partial charge in [-0.25, -0.2) is 9.18 Å². The second-order valence-corrected chi connectivity index (χ2v) is 5.17. The minimum Gasteiger partial charge on any atom is -0.484 e. The van der Waals surface area contributed by atoms with Crippen molar-refractivity contribution in [2.75, 3.05) is 39.4 Å². The van der Waals surface area contributed by atoms with Crippen LogP contribution in [0.5, 0.6) is 5.75 Å². The van der Waals surface area contributed by atoms with Gasteiger partial charge in [-0.15, -0.1) is 0 Å². The molecule has 126 valence electrons. The maximum absolute atomic E-state index is 13.1. The summed E-state index contributed by atoms with van der Waals surface area (Å²) in [6.07, 6.45) is 0.336. The SMILES string of the molecule is CCOC(=O)N1CCCN(C(=O)COc2cccc(F)c2)CC1. The molecule has 1 heterocycles. The number of benzene rings is 1. The minimum atomic E-state index is -0.408. The van der Waals surface area contributed by atoms with Gasteiger partial charge in [0.25, 0.3) is 5.91 Å². The van der Waals surface area contributed by atoms with Crippen molar-refractivity contribution in [3.63, 3.8) is 0 Å². The molecule has 1 aliphatic rings. The summed E-state index contributed by atoms with van der Waals surface area (Å²) in [5.74, 6) is -0.268. The molecule has 0 spiro atoms. The lowest BCUT2D eigenvalue weighted by molar-refractivity contribution is -0.133. The Morgan fingerprint density at radius 2 is 1.91 bits per heavy atom. The average molecular weight is 324 g/mol. The molecule has 1 saturated heterocycles. The summed E-state index contributed by atoms with van der Waals surface area (Å²) in [7, 11) is 0. The normalized spacial score (nSPS) is 15.0. The van der Waals surface area contributed by atoms with E-state index in [4.69, 9.17) is 9.47 Å². The van der Waals surface area contributed by atoms with Gasteiger partial charge in [-0.3, -0.25) is 4.79 Å². The number of hydrogen-bond donors (Lipinski definition) is 0. The largest absolute Gasteiger partial charge is 0.484 e. The lowest BCUT2D eigenvalue weighted by Gasteiger charge is -2.21. The fourth-order valence-electron chi connectivity index (χ4n) is 2.36. The second kappa shape index (κ2) is 8.36. The first-order valence-electron chi connectivity index (χ1n) is 7.68. The Morgan fingerprint density at radius 3 is 2.65 bits per heavy atom. The van der Waals surface area contributed by atoms with Crippen molar-refractivity contribution in [2.24, 2.45) is 0 Å². The van der Waals surface area contributed by atoms with Crippen LogP contribution in [-0.4, -0.2) is 61.2 Å². The van der Waals surface area contributed by atoms with Gasteiger partial charge in [0.2, 0.25) is 0 Å². The highest BCUT2D eigenvalue weighted by Gasteiger charge is 2.22. The van der Waals surface area contributed by atoms with Gasteiger partial charge in [-0.05, 0) is 25.5 Å². The number of nitrogens with zero attached hydrogens (tertiary/aromatic N) is 2. The molecule has 1 aliphatic heterocycles. The van der Waals surface area contributed by atoms with E-state index < -0.39 is 5.82 Å². The van der Waals surface area contributed by atoms with Crippen LogP contribution in [0, 0.1) is 5.82 Å². The van der Waals surface area contributed by atoms with Crippen molar-refractivity contribution < 1.29 is 23.5 Å². The van der Waals surface area contributed by atoms with Gasteiger partial charge < -0.3 is 19.3 Å². The Hall–Kier alpha value is -2.31. The average Bonchev–Trinajstić information content (AvgIpc) is 2.79. The number of rotatable bonds is 4. The Bertz CT molecular complexity index is 553. The molecule has 1 fully saturated rings. The van der Waals surface area contributed by atoms with E-state index >= 15 is 0 Å². The van der Waals surface area contributed by atoms with Crippen LogP contribution in [0.4, 0.5) is 9.18 Å². The molecule has 0 aliphatic carbocycles. The third-order valence-corrected chi connectivity index (χ3v) is 3.53. The highest BCUT2D eigenvalue weighted by atomic mass is 19.1. The molecule has 2 amide bonds.